The van der Waals surface area contributed by atoms with Gasteiger partial charge in [0.15, 0.2) is 8.26 Å². The van der Waals surface area contributed by atoms with Gasteiger partial charge in [-0.2, -0.15) is 0 Å². The normalized spacial score (nSPS) is 11.1. The first-order valence-electron chi connectivity index (χ1n) is 8.56. The number of hydrogen-bond acceptors (Lipinski definition) is 6. The summed E-state index contributed by atoms with van der Waals surface area (Å²) in [5.74, 6) is 0.860. The zero-order valence-electron chi connectivity index (χ0n) is 14.9. The van der Waals surface area contributed by atoms with Gasteiger partial charge < -0.3 is 5.32 Å². The first kappa shape index (κ1) is 19.6. The SMILES string of the molecule is Cc1ccc(Cc2sc(Br)nc2NC(=O)CSc2nc3ccccc3s2)cc1. The molecule has 8 heteroatoms. The number of halogens is 1. The molecule has 0 bridgehead atoms. The number of fused-ring (bicyclic) bond motifs is 1. The van der Waals surface area contributed by atoms with E-state index in [2.05, 4.69) is 62.4 Å². The molecule has 1 amide bonds. The Morgan fingerprint density at radius 1 is 1.11 bits per heavy atom. The minimum absolute atomic E-state index is 0.0767. The highest BCUT2D eigenvalue weighted by atomic mass is 79.9. The van der Waals surface area contributed by atoms with Crippen molar-refractivity contribution in [1.29, 1.82) is 0 Å². The molecule has 4 nitrogen and oxygen atoms in total. The summed E-state index contributed by atoms with van der Waals surface area (Å²) in [6.45, 7) is 2.07. The van der Waals surface area contributed by atoms with Crippen molar-refractivity contribution in [2.24, 2.45) is 0 Å². The van der Waals surface area contributed by atoms with E-state index in [0.29, 0.717) is 11.6 Å². The summed E-state index contributed by atoms with van der Waals surface area (Å²) in [4.78, 5) is 22.5. The third-order valence-corrected chi connectivity index (χ3v) is 7.70. The largest absolute Gasteiger partial charge is 0.309 e. The van der Waals surface area contributed by atoms with Gasteiger partial charge in [-0.05, 0) is 40.5 Å². The van der Waals surface area contributed by atoms with Gasteiger partial charge in [0, 0.05) is 6.42 Å². The number of thiazole rings is 2. The standard InChI is InChI=1S/C20H16BrN3OS3/c1-12-6-8-13(9-7-12)10-16-18(24-19(21)27-16)23-17(25)11-26-20-22-14-4-2-3-5-15(14)28-20/h2-9H,10-11H2,1H3,(H,23,25). The Hall–Kier alpha value is -1.74. The maximum atomic E-state index is 12.5. The number of nitrogens with zero attached hydrogens (tertiary/aromatic N) is 2. The zero-order chi connectivity index (χ0) is 19.5. The first-order valence-corrected chi connectivity index (χ1v) is 12.0. The van der Waals surface area contributed by atoms with E-state index in [4.69, 9.17) is 0 Å². The van der Waals surface area contributed by atoms with Crippen molar-refractivity contribution in [3.05, 3.63) is 68.5 Å². The average molecular weight is 490 g/mol. The van der Waals surface area contributed by atoms with Crippen LogP contribution in [0.2, 0.25) is 0 Å². The molecule has 2 aromatic heterocycles. The molecule has 1 N–H and O–H groups in total. The van der Waals surface area contributed by atoms with Gasteiger partial charge in [-0.3, -0.25) is 4.79 Å². The maximum absolute atomic E-state index is 12.5. The molecule has 28 heavy (non-hydrogen) atoms. The molecule has 0 radical (unpaired) electrons. The van der Waals surface area contributed by atoms with Crippen LogP contribution < -0.4 is 5.32 Å². The molecule has 2 heterocycles. The fourth-order valence-electron chi connectivity index (χ4n) is 2.64. The van der Waals surface area contributed by atoms with E-state index in [1.165, 1.54) is 22.9 Å². The van der Waals surface area contributed by atoms with Crippen LogP contribution >= 0.6 is 50.4 Å². The number of nitrogens with one attached hydrogen (secondary N) is 1. The molecule has 2 aromatic carbocycles. The number of amides is 1. The number of carbonyl (C=O) groups excluding carboxylic acids is 1. The number of aryl methyl sites for hydroxylation is 1. The lowest BCUT2D eigenvalue weighted by molar-refractivity contribution is -0.113. The quantitative estimate of drug-likeness (QED) is 0.330. The second-order valence-electron chi connectivity index (χ2n) is 6.19. The van der Waals surface area contributed by atoms with Crippen molar-refractivity contribution in [2.75, 3.05) is 11.1 Å². The topological polar surface area (TPSA) is 54.9 Å². The highest BCUT2D eigenvalue weighted by Crippen LogP contribution is 2.31. The second kappa shape index (κ2) is 8.73. The molecule has 142 valence electrons. The minimum atomic E-state index is -0.0767. The second-order valence-corrected chi connectivity index (χ2v) is 10.8. The van der Waals surface area contributed by atoms with Gasteiger partial charge >= 0.3 is 0 Å². The highest BCUT2D eigenvalue weighted by molar-refractivity contribution is 9.11. The van der Waals surface area contributed by atoms with Gasteiger partial charge in [-0.25, -0.2) is 9.97 Å². The van der Waals surface area contributed by atoms with Crippen LogP contribution in [0.3, 0.4) is 0 Å². The Morgan fingerprint density at radius 3 is 2.68 bits per heavy atom. The molecular weight excluding hydrogens is 474 g/mol. The van der Waals surface area contributed by atoms with Crippen LogP contribution in [0.4, 0.5) is 5.82 Å². The number of anilines is 1. The fourth-order valence-corrected chi connectivity index (χ4v) is 6.04. The van der Waals surface area contributed by atoms with E-state index in [1.807, 2.05) is 24.3 Å². The number of aromatic nitrogens is 2. The number of thioether (sulfide) groups is 1. The van der Waals surface area contributed by atoms with Crippen LogP contribution in [-0.2, 0) is 11.2 Å². The summed E-state index contributed by atoms with van der Waals surface area (Å²) in [7, 11) is 0. The van der Waals surface area contributed by atoms with Crippen LogP contribution in [0.25, 0.3) is 10.2 Å². The molecule has 0 aliphatic rings. The maximum Gasteiger partial charge on any atom is 0.236 e. The van der Waals surface area contributed by atoms with Crippen molar-refractivity contribution in [1.82, 2.24) is 9.97 Å². The monoisotopic (exact) mass is 489 g/mol. The number of carbonyl (C=O) groups is 1. The average Bonchev–Trinajstić information content (AvgIpc) is 3.24. The molecule has 0 unspecified atom stereocenters. The van der Waals surface area contributed by atoms with Crippen LogP contribution in [-0.4, -0.2) is 21.6 Å². The molecule has 4 rings (SSSR count). The predicted octanol–water partition coefficient (Wildman–Crippen LogP) is 6.15. The summed E-state index contributed by atoms with van der Waals surface area (Å²) in [6, 6.07) is 16.4. The van der Waals surface area contributed by atoms with Gasteiger partial charge in [0.05, 0.1) is 20.8 Å². The number of rotatable bonds is 6. The summed E-state index contributed by atoms with van der Waals surface area (Å²) in [6.07, 6.45) is 0.740. The van der Waals surface area contributed by atoms with Gasteiger partial charge in [-0.15, -0.1) is 22.7 Å². The first-order chi connectivity index (χ1) is 13.6. The summed E-state index contributed by atoms with van der Waals surface area (Å²) >= 11 is 8.04. The molecule has 0 atom stereocenters. The van der Waals surface area contributed by atoms with E-state index in [-0.39, 0.29) is 5.91 Å². The summed E-state index contributed by atoms with van der Waals surface area (Å²) in [5.41, 5.74) is 3.40. The van der Waals surface area contributed by atoms with Gasteiger partial charge in [0.2, 0.25) is 5.91 Å². The molecule has 4 aromatic rings. The van der Waals surface area contributed by atoms with E-state index < -0.39 is 0 Å². The summed E-state index contributed by atoms with van der Waals surface area (Å²) in [5, 5.41) is 2.95. The number of para-hydroxylation sites is 1. The van der Waals surface area contributed by atoms with Gasteiger partial charge in [0.1, 0.15) is 5.82 Å². The molecule has 0 aliphatic heterocycles. The van der Waals surface area contributed by atoms with E-state index >= 15 is 0 Å². The molecule has 0 aliphatic carbocycles. The Bertz CT molecular complexity index is 1090. The highest BCUT2D eigenvalue weighted by Gasteiger charge is 2.14. The zero-order valence-corrected chi connectivity index (χ0v) is 19.0. The Balaban J connectivity index is 1.40. The van der Waals surface area contributed by atoms with Crippen molar-refractivity contribution >= 4 is 72.3 Å². The van der Waals surface area contributed by atoms with E-state index in [9.17, 15) is 4.79 Å². The van der Waals surface area contributed by atoms with Crippen molar-refractivity contribution in [3.8, 4) is 0 Å². The van der Waals surface area contributed by atoms with Crippen LogP contribution in [0, 0.1) is 6.92 Å². The smallest absolute Gasteiger partial charge is 0.236 e. The molecular formula is C20H16BrN3OS3. The van der Waals surface area contributed by atoms with Gasteiger partial charge in [0.25, 0.3) is 0 Å². The third kappa shape index (κ3) is 4.81. The Kier molecular flexibility index (Phi) is 6.10. The molecule has 0 saturated heterocycles. The Labute approximate surface area is 183 Å². The van der Waals surface area contributed by atoms with Gasteiger partial charge in [-0.1, -0.05) is 53.7 Å². The van der Waals surface area contributed by atoms with Crippen LogP contribution in [0.15, 0.2) is 56.8 Å². The van der Waals surface area contributed by atoms with Crippen LogP contribution in [0.1, 0.15) is 16.0 Å². The van der Waals surface area contributed by atoms with Crippen molar-refractivity contribution in [2.45, 2.75) is 17.7 Å². The minimum Gasteiger partial charge on any atom is -0.309 e. The Morgan fingerprint density at radius 2 is 1.89 bits per heavy atom. The summed E-state index contributed by atoms with van der Waals surface area (Å²) < 4.78 is 2.80. The predicted molar refractivity (Wildman–Crippen MR) is 123 cm³/mol. The van der Waals surface area contributed by atoms with E-state index in [1.54, 1.807) is 22.7 Å². The van der Waals surface area contributed by atoms with Crippen molar-refractivity contribution < 1.29 is 4.79 Å². The lowest BCUT2D eigenvalue weighted by Gasteiger charge is -2.05. The lowest BCUT2D eigenvalue weighted by atomic mass is 10.1. The fraction of sp³-hybridized carbons (Fsp3) is 0.150. The van der Waals surface area contributed by atoms with E-state index in [0.717, 1.165) is 29.8 Å². The number of benzene rings is 2. The molecule has 0 spiro atoms. The number of hydrogen-bond donors (Lipinski definition) is 1. The third-order valence-electron chi connectivity index (χ3n) is 4.02. The molecule has 0 fully saturated rings. The molecule has 0 saturated carbocycles. The lowest BCUT2D eigenvalue weighted by Crippen LogP contribution is -2.15. The van der Waals surface area contributed by atoms with Crippen LogP contribution in [0.5, 0.6) is 0 Å². The van der Waals surface area contributed by atoms with Crippen molar-refractivity contribution in [3.63, 3.8) is 0 Å².